The van der Waals surface area contributed by atoms with Crippen molar-refractivity contribution in [2.24, 2.45) is 11.8 Å². The Morgan fingerprint density at radius 2 is 2.21 bits per heavy atom. The van der Waals surface area contributed by atoms with Crippen LogP contribution in [0.15, 0.2) is 18.2 Å². The summed E-state index contributed by atoms with van der Waals surface area (Å²) < 4.78 is 0. The Balaban J connectivity index is 1.86. The van der Waals surface area contributed by atoms with E-state index < -0.39 is 0 Å². The number of nitrogens with zero attached hydrogens (tertiary/aromatic N) is 1. The van der Waals surface area contributed by atoms with Gasteiger partial charge in [-0.2, -0.15) is 0 Å². The largest absolute Gasteiger partial charge is 0.335 e. The molecule has 19 heavy (non-hydrogen) atoms. The zero-order chi connectivity index (χ0) is 13.6. The van der Waals surface area contributed by atoms with Crippen LogP contribution < -0.4 is 5.32 Å². The van der Waals surface area contributed by atoms with E-state index in [1.54, 1.807) is 6.07 Å². The summed E-state index contributed by atoms with van der Waals surface area (Å²) in [5, 5.41) is 4.04. The smallest absolute Gasteiger partial charge is 0.254 e. The first kappa shape index (κ1) is 12.9. The Labute approximate surface area is 118 Å². The van der Waals surface area contributed by atoms with Crippen LogP contribution in [-0.2, 0) is 0 Å². The highest BCUT2D eigenvalue weighted by Gasteiger charge is 2.43. The molecule has 0 aromatic heterocycles. The molecule has 4 heteroatoms. The molecular weight excluding hydrogens is 260 g/mol. The number of fused-ring (bicyclic) bond motifs is 1. The van der Waals surface area contributed by atoms with Crippen LogP contribution in [0.2, 0.25) is 5.02 Å². The maximum atomic E-state index is 12.7. The van der Waals surface area contributed by atoms with Gasteiger partial charge in [-0.25, -0.2) is 0 Å². The number of benzene rings is 1. The monoisotopic (exact) mass is 278 g/mol. The number of aryl methyl sites for hydroxylation is 1. The fraction of sp³-hybridized carbons (Fsp3) is 0.533. The topological polar surface area (TPSA) is 32.3 Å². The minimum absolute atomic E-state index is 0.127. The highest BCUT2D eigenvalue weighted by atomic mass is 35.5. The zero-order valence-corrected chi connectivity index (χ0v) is 12.1. The number of amides is 1. The number of hydrogen-bond acceptors (Lipinski definition) is 2. The number of carbonyl (C=O) groups excluding carboxylic acids is 1. The Morgan fingerprint density at radius 1 is 1.42 bits per heavy atom. The van der Waals surface area contributed by atoms with Crippen LogP contribution in [0, 0.1) is 18.8 Å². The molecule has 2 fully saturated rings. The Hall–Kier alpha value is -1.06. The average Bonchev–Trinajstić information content (AvgIpc) is 2.95. The second-order valence-electron chi connectivity index (χ2n) is 5.74. The standard InChI is InChI=1S/C15H19ClN2O/c1-9-3-4-12(16)5-13(9)15(19)18-8-11-6-17-7-14(11)10(18)2/h3-5,10-11,14,17H,6-8H2,1-2H3. The van der Waals surface area contributed by atoms with E-state index in [1.165, 1.54) is 0 Å². The normalized spacial score (nSPS) is 29.6. The molecule has 3 rings (SSSR count). The second-order valence-corrected chi connectivity index (χ2v) is 6.18. The van der Waals surface area contributed by atoms with Crippen molar-refractivity contribution in [2.45, 2.75) is 19.9 Å². The minimum atomic E-state index is 0.127. The molecule has 0 radical (unpaired) electrons. The third kappa shape index (κ3) is 2.15. The highest BCUT2D eigenvalue weighted by Crippen LogP contribution is 2.33. The Bertz CT molecular complexity index is 517. The molecule has 0 aliphatic carbocycles. The van der Waals surface area contributed by atoms with Crippen LogP contribution in [0.25, 0.3) is 0 Å². The number of nitrogens with one attached hydrogen (secondary N) is 1. The maximum absolute atomic E-state index is 12.7. The van der Waals surface area contributed by atoms with E-state index in [0.717, 1.165) is 30.8 Å². The van der Waals surface area contributed by atoms with Gasteiger partial charge in [0.25, 0.3) is 5.91 Å². The average molecular weight is 279 g/mol. The third-order valence-corrected chi connectivity index (χ3v) is 4.86. The summed E-state index contributed by atoms with van der Waals surface area (Å²) in [4.78, 5) is 14.7. The van der Waals surface area contributed by atoms with Crippen molar-refractivity contribution in [3.05, 3.63) is 34.3 Å². The molecule has 0 bridgehead atoms. The summed E-state index contributed by atoms with van der Waals surface area (Å²) >= 11 is 6.02. The number of carbonyl (C=O) groups is 1. The van der Waals surface area contributed by atoms with Crippen LogP contribution >= 0.6 is 11.6 Å². The first-order valence-electron chi connectivity index (χ1n) is 6.86. The van der Waals surface area contributed by atoms with Crippen molar-refractivity contribution in [3.63, 3.8) is 0 Å². The van der Waals surface area contributed by atoms with Crippen molar-refractivity contribution < 1.29 is 4.79 Å². The lowest BCUT2D eigenvalue weighted by Crippen LogP contribution is -2.38. The van der Waals surface area contributed by atoms with Crippen molar-refractivity contribution in [3.8, 4) is 0 Å². The molecule has 1 aromatic rings. The van der Waals surface area contributed by atoms with Crippen molar-refractivity contribution in [1.82, 2.24) is 10.2 Å². The van der Waals surface area contributed by atoms with Crippen LogP contribution in [0.1, 0.15) is 22.8 Å². The lowest BCUT2D eigenvalue weighted by Gasteiger charge is -2.25. The molecule has 2 saturated heterocycles. The van der Waals surface area contributed by atoms with Gasteiger partial charge in [0, 0.05) is 36.3 Å². The van der Waals surface area contributed by atoms with Gasteiger partial charge in [0.15, 0.2) is 0 Å². The lowest BCUT2D eigenvalue weighted by molar-refractivity contribution is 0.0728. The first-order valence-corrected chi connectivity index (χ1v) is 7.23. The van der Waals surface area contributed by atoms with E-state index in [4.69, 9.17) is 11.6 Å². The van der Waals surface area contributed by atoms with E-state index in [9.17, 15) is 4.79 Å². The van der Waals surface area contributed by atoms with Crippen molar-refractivity contribution >= 4 is 17.5 Å². The van der Waals surface area contributed by atoms with E-state index in [1.807, 2.05) is 24.0 Å². The van der Waals surface area contributed by atoms with E-state index in [0.29, 0.717) is 22.9 Å². The zero-order valence-electron chi connectivity index (χ0n) is 11.3. The fourth-order valence-electron chi connectivity index (χ4n) is 3.42. The SMILES string of the molecule is Cc1ccc(Cl)cc1C(=O)N1CC2CNCC2C1C. The van der Waals surface area contributed by atoms with Gasteiger partial charge in [-0.3, -0.25) is 4.79 Å². The number of hydrogen-bond donors (Lipinski definition) is 1. The quantitative estimate of drug-likeness (QED) is 0.855. The summed E-state index contributed by atoms with van der Waals surface area (Å²) in [5.74, 6) is 1.34. The van der Waals surface area contributed by atoms with Gasteiger partial charge in [-0.05, 0) is 43.4 Å². The molecule has 102 valence electrons. The maximum Gasteiger partial charge on any atom is 0.254 e. The predicted octanol–water partition coefficient (Wildman–Crippen LogP) is 2.33. The summed E-state index contributed by atoms with van der Waals surface area (Å²) in [5.41, 5.74) is 1.74. The number of halogens is 1. The van der Waals surface area contributed by atoms with Gasteiger partial charge < -0.3 is 10.2 Å². The second kappa shape index (κ2) is 4.80. The van der Waals surface area contributed by atoms with Gasteiger partial charge in [0.05, 0.1) is 0 Å². The third-order valence-electron chi connectivity index (χ3n) is 4.63. The highest BCUT2D eigenvalue weighted by molar-refractivity contribution is 6.31. The van der Waals surface area contributed by atoms with Crippen LogP contribution in [0.3, 0.4) is 0 Å². The molecule has 1 amide bonds. The summed E-state index contributed by atoms with van der Waals surface area (Å²) in [6.07, 6.45) is 0. The molecule has 2 aliphatic rings. The molecule has 3 atom stereocenters. The summed E-state index contributed by atoms with van der Waals surface area (Å²) in [7, 11) is 0. The van der Waals surface area contributed by atoms with Gasteiger partial charge in [-0.1, -0.05) is 17.7 Å². The minimum Gasteiger partial charge on any atom is -0.335 e. The van der Waals surface area contributed by atoms with Crippen molar-refractivity contribution in [1.29, 1.82) is 0 Å². The molecule has 2 heterocycles. The summed E-state index contributed by atoms with van der Waals surface area (Å²) in [6.45, 7) is 7.06. The number of rotatable bonds is 1. The van der Waals surface area contributed by atoms with Gasteiger partial charge in [0.1, 0.15) is 0 Å². The first-order chi connectivity index (χ1) is 9.08. The fourth-order valence-corrected chi connectivity index (χ4v) is 3.59. The van der Waals surface area contributed by atoms with Crippen LogP contribution in [-0.4, -0.2) is 36.5 Å². The molecule has 0 saturated carbocycles. The summed E-state index contributed by atoms with van der Waals surface area (Å²) in [6, 6.07) is 5.85. The predicted molar refractivity (Wildman–Crippen MR) is 76.5 cm³/mol. The number of likely N-dealkylation sites (tertiary alicyclic amines) is 1. The Kier molecular flexibility index (Phi) is 3.27. The van der Waals surface area contributed by atoms with E-state index in [-0.39, 0.29) is 5.91 Å². The molecule has 1 aromatic carbocycles. The van der Waals surface area contributed by atoms with Crippen LogP contribution in [0.4, 0.5) is 0 Å². The van der Waals surface area contributed by atoms with Crippen molar-refractivity contribution in [2.75, 3.05) is 19.6 Å². The lowest BCUT2D eigenvalue weighted by atomic mass is 9.95. The molecule has 0 spiro atoms. The molecule has 3 nitrogen and oxygen atoms in total. The van der Waals surface area contributed by atoms with E-state index in [2.05, 4.69) is 12.2 Å². The van der Waals surface area contributed by atoms with Gasteiger partial charge in [0.2, 0.25) is 0 Å². The van der Waals surface area contributed by atoms with Crippen LogP contribution in [0.5, 0.6) is 0 Å². The van der Waals surface area contributed by atoms with E-state index >= 15 is 0 Å². The molecule has 3 unspecified atom stereocenters. The Morgan fingerprint density at radius 3 is 2.95 bits per heavy atom. The molecular formula is C15H19ClN2O. The van der Waals surface area contributed by atoms with Gasteiger partial charge >= 0.3 is 0 Å². The van der Waals surface area contributed by atoms with Gasteiger partial charge in [-0.15, -0.1) is 0 Å². The molecule has 2 aliphatic heterocycles. The molecule has 1 N–H and O–H groups in total.